The van der Waals surface area contributed by atoms with Crippen LogP contribution in [0.3, 0.4) is 0 Å². The molecule has 2 heterocycles. The molecule has 4 heteroatoms. The Hall–Kier alpha value is -1.32. The zero-order valence-electron chi connectivity index (χ0n) is 14.0. The Morgan fingerprint density at radius 3 is 2.67 bits per heavy atom. The number of hydrogen-bond acceptors (Lipinski definition) is 4. The Balaban J connectivity index is 2.29. The fraction of sp³-hybridized carbons (Fsp3) is 0.765. The molecular formula is C17H30N4. The number of aromatic nitrogens is 2. The molecule has 2 rings (SSSR count). The van der Waals surface area contributed by atoms with Crippen LogP contribution in [0.15, 0.2) is 6.07 Å². The van der Waals surface area contributed by atoms with E-state index in [9.17, 15) is 0 Å². The van der Waals surface area contributed by atoms with Crippen molar-refractivity contribution in [2.24, 2.45) is 0 Å². The van der Waals surface area contributed by atoms with Gasteiger partial charge in [-0.15, -0.1) is 0 Å². The quantitative estimate of drug-likeness (QED) is 0.823. The van der Waals surface area contributed by atoms with Gasteiger partial charge in [0.2, 0.25) is 0 Å². The molecule has 4 nitrogen and oxygen atoms in total. The van der Waals surface area contributed by atoms with Gasteiger partial charge in [0.05, 0.1) is 0 Å². The Labute approximate surface area is 129 Å². The Kier molecular flexibility index (Phi) is 5.83. The second-order valence-corrected chi connectivity index (χ2v) is 6.10. The summed E-state index contributed by atoms with van der Waals surface area (Å²) in [5.74, 6) is 3.07. The zero-order valence-corrected chi connectivity index (χ0v) is 14.0. The van der Waals surface area contributed by atoms with E-state index in [2.05, 4.69) is 49.0 Å². The van der Waals surface area contributed by atoms with Gasteiger partial charge in [0.15, 0.2) is 0 Å². The van der Waals surface area contributed by atoms with E-state index in [-0.39, 0.29) is 0 Å². The normalized spacial score (nSPS) is 21.8. The molecule has 2 atom stereocenters. The highest BCUT2D eigenvalue weighted by atomic mass is 15.3. The lowest BCUT2D eigenvalue weighted by molar-refractivity contribution is 0.618. The number of hydrogen-bond donors (Lipinski definition) is 1. The van der Waals surface area contributed by atoms with Crippen LogP contribution in [0.1, 0.15) is 65.6 Å². The van der Waals surface area contributed by atoms with E-state index < -0.39 is 0 Å². The minimum Gasteiger partial charge on any atom is -0.370 e. The highest BCUT2D eigenvalue weighted by Gasteiger charge is 2.30. The molecule has 1 aliphatic rings. The van der Waals surface area contributed by atoms with Gasteiger partial charge in [-0.25, -0.2) is 9.97 Å². The van der Waals surface area contributed by atoms with Gasteiger partial charge in [0.1, 0.15) is 17.5 Å². The van der Waals surface area contributed by atoms with Crippen LogP contribution in [0.25, 0.3) is 0 Å². The van der Waals surface area contributed by atoms with Crippen molar-refractivity contribution in [2.45, 2.75) is 78.3 Å². The molecule has 1 N–H and O–H groups in total. The Bertz CT molecular complexity index is 446. The summed E-state index contributed by atoms with van der Waals surface area (Å²) in [6.07, 6.45) is 6.89. The molecule has 0 saturated carbocycles. The molecule has 1 aromatic rings. The van der Waals surface area contributed by atoms with Gasteiger partial charge in [0, 0.05) is 31.1 Å². The average Bonchev–Trinajstić information content (AvgIpc) is 2.86. The predicted molar refractivity (Wildman–Crippen MR) is 90.1 cm³/mol. The molecule has 118 valence electrons. The van der Waals surface area contributed by atoms with Gasteiger partial charge in [-0.2, -0.15) is 0 Å². The monoisotopic (exact) mass is 290 g/mol. The first kappa shape index (κ1) is 16.1. The molecule has 0 aliphatic carbocycles. The molecule has 1 fully saturated rings. The molecule has 0 spiro atoms. The highest BCUT2D eigenvalue weighted by molar-refractivity contribution is 5.51. The molecule has 2 unspecified atom stereocenters. The van der Waals surface area contributed by atoms with Gasteiger partial charge < -0.3 is 10.2 Å². The number of anilines is 2. The zero-order chi connectivity index (χ0) is 15.2. The summed E-state index contributed by atoms with van der Waals surface area (Å²) in [6, 6.07) is 3.35. The van der Waals surface area contributed by atoms with E-state index in [0.29, 0.717) is 12.1 Å². The topological polar surface area (TPSA) is 41.0 Å². The smallest absolute Gasteiger partial charge is 0.134 e. The second kappa shape index (κ2) is 7.62. The molecule has 0 aromatic carbocycles. The standard InChI is InChI=1S/C17H30N4/c1-5-8-15-19-16(18-11-6-2)12-17(20-15)21-13(4)9-10-14(21)7-3/h12-14H,5-11H2,1-4H3,(H,18,19,20). The van der Waals surface area contributed by atoms with Crippen molar-refractivity contribution in [2.75, 3.05) is 16.8 Å². The third-order valence-corrected chi connectivity index (χ3v) is 4.31. The number of nitrogens with one attached hydrogen (secondary N) is 1. The van der Waals surface area contributed by atoms with Crippen LogP contribution in [-0.4, -0.2) is 28.6 Å². The first-order chi connectivity index (χ1) is 10.2. The molecule has 0 amide bonds. The van der Waals surface area contributed by atoms with Crippen molar-refractivity contribution in [1.82, 2.24) is 9.97 Å². The van der Waals surface area contributed by atoms with Gasteiger partial charge in [-0.1, -0.05) is 20.8 Å². The Morgan fingerprint density at radius 1 is 1.19 bits per heavy atom. The van der Waals surface area contributed by atoms with Gasteiger partial charge in [-0.05, 0) is 39.0 Å². The molecule has 0 bridgehead atoms. The van der Waals surface area contributed by atoms with Crippen LogP contribution in [0, 0.1) is 0 Å². The van der Waals surface area contributed by atoms with Crippen molar-refractivity contribution < 1.29 is 0 Å². The summed E-state index contributed by atoms with van der Waals surface area (Å²) in [5.41, 5.74) is 0. The lowest BCUT2D eigenvalue weighted by atomic mass is 10.1. The van der Waals surface area contributed by atoms with E-state index in [0.717, 1.165) is 43.3 Å². The molecule has 1 aromatic heterocycles. The van der Waals surface area contributed by atoms with E-state index in [1.165, 1.54) is 19.3 Å². The third kappa shape index (κ3) is 3.86. The molecule has 1 aliphatic heterocycles. The van der Waals surface area contributed by atoms with Gasteiger partial charge >= 0.3 is 0 Å². The summed E-state index contributed by atoms with van der Waals surface area (Å²) in [6.45, 7) is 9.92. The van der Waals surface area contributed by atoms with Crippen LogP contribution in [0.5, 0.6) is 0 Å². The number of nitrogens with zero attached hydrogens (tertiary/aromatic N) is 3. The predicted octanol–water partition coefficient (Wildman–Crippen LogP) is 4.02. The lowest BCUT2D eigenvalue weighted by Crippen LogP contribution is -2.35. The van der Waals surface area contributed by atoms with Crippen LogP contribution in [0.4, 0.5) is 11.6 Å². The van der Waals surface area contributed by atoms with E-state index in [1.807, 2.05) is 0 Å². The summed E-state index contributed by atoms with van der Waals surface area (Å²) in [7, 11) is 0. The van der Waals surface area contributed by atoms with E-state index in [4.69, 9.17) is 4.98 Å². The number of aryl methyl sites for hydroxylation is 1. The summed E-state index contributed by atoms with van der Waals surface area (Å²) in [4.78, 5) is 12.0. The van der Waals surface area contributed by atoms with Crippen LogP contribution in [-0.2, 0) is 6.42 Å². The van der Waals surface area contributed by atoms with E-state index in [1.54, 1.807) is 0 Å². The number of rotatable bonds is 7. The van der Waals surface area contributed by atoms with Crippen LogP contribution in [0.2, 0.25) is 0 Å². The fourth-order valence-electron chi connectivity index (χ4n) is 3.18. The summed E-state index contributed by atoms with van der Waals surface area (Å²) < 4.78 is 0. The fourth-order valence-corrected chi connectivity index (χ4v) is 3.18. The summed E-state index contributed by atoms with van der Waals surface area (Å²) >= 11 is 0. The highest BCUT2D eigenvalue weighted by Crippen LogP contribution is 2.31. The largest absolute Gasteiger partial charge is 0.370 e. The maximum atomic E-state index is 4.84. The van der Waals surface area contributed by atoms with Crippen molar-refractivity contribution in [3.8, 4) is 0 Å². The molecule has 0 radical (unpaired) electrons. The van der Waals surface area contributed by atoms with E-state index >= 15 is 0 Å². The molecule has 21 heavy (non-hydrogen) atoms. The maximum absolute atomic E-state index is 4.84. The van der Waals surface area contributed by atoms with Gasteiger partial charge in [-0.3, -0.25) is 0 Å². The van der Waals surface area contributed by atoms with Crippen molar-refractivity contribution >= 4 is 11.6 Å². The van der Waals surface area contributed by atoms with Crippen LogP contribution < -0.4 is 10.2 Å². The van der Waals surface area contributed by atoms with Crippen molar-refractivity contribution in [3.63, 3.8) is 0 Å². The van der Waals surface area contributed by atoms with Gasteiger partial charge in [0.25, 0.3) is 0 Å². The first-order valence-electron chi connectivity index (χ1n) is 8.59. The summed E-state index contributed by atoms with van der Waals surface area (Å²) in [5, 5.41) is 3.43. The second-order valence-electron chi connectivity index (χ2n) is 6.10. The van der Waals surface area contributed by atoms with Crippen molar-refractivity contribution in [3.05, 3.63) is 11.9 Å². The SMILES string of the molecule is CCCNc1cc(N2C(C)CCC2CC)nc(CCC)n1. The van der Waals surface area contributed by atoms with Crippen LogP contribution >= 0.6 is 0 Å². The minimum absolute atomic E-state index is 0.582. The average molecular weight is 290 g/mol. The molecular weight excluding hydrogens is 260 g/mol. The lowest BCUT2D eigenvalue weighted by Gasteiger charge is -2.29. The molecule has 1 saturated heterocycles. The minimum atomic E-state index is 0.582. The maximum Gasteiger partial charge on any atom is 0.134 e. The first-order valence-corrected chi connectivity index (χ1v) is 8.59. The third-order valence-electron chi connectivity index (χ3n) is 4.31. The van der Waals surface area contributed by atoms with Crippen molar-refractivity contribution in [1.29, 1.82) is 0 Å². The Morgan fingerprint density at radius 2 is 2.00 bits per heavy atom.